The van der Waals surface area contributed by atoms with Crippen molar-refractivity contribution in [3.8, 4) is 0 Å². The van der Waals surface area contributed by atoms with Crippen LogP contribution in [0.25, 0.3) is 0 Å². The standard InChI is InChI=1S/C11H18N2O4/c1-3-4-12-9(14)6-13(2)10(15)7-5-8(7)11(16)17/h7-8H,3-6H2,1-2H3,(H,12,14)(H,16,17)/t7-,8+/m1/s1. The zero-order valence-electron chi connectivity index (χ0n) is 10.1. The molecule has 2 atom stereocenters. The average molecular weight is 242 g/mol. The second-order valence-electron chi connectivity index (χ2n) is 4.33. The van der Waals surface area contributed by atoms with Crippen LogP contribution in [0.5, 0.6) is 0 Å². The molecule has 2 amide bonds. The van der Waals surface area contributed by atoms with Crippen molar-refractivity contribution in [3.63, 3.8) is 0 Å². The second-order valence-corrected chi connectivity index (χ2v) is 4.33. The van der Waals surface area contributed by atoms with Crippen LogP contribution in [0.2, 0.25) is 0 Å². The van der Waals surface area contributed by atoms with E-state index in [4.69, 9.17) is 5.11 Å². The van der Waals surface area contributed by atoms with E-state index in [0.717, 1.165) is 6.42 Å². The van der Waals surface area contributed by atoms with Crippen LogP contribution in [0.1, 0.15) is 19.8 Å². The summed E-state index contributed by atoms with van der Waals surface area (Å²) >= 11 is 0. The van der Waals surface area contributed by atoms with E-state index in [-0.39, 0.29) is 18.4 Å². The number of aliphatic carboxylic acids is 1. The van der Waals surface area contributed by atoms with E-state index in [2.05, 4.69) is 5.32 Å². The van der Waals surface area contributed by atoms with Gasteiger partial charge in [0, 0.05) is 13.6 Å². The lowest BCUT2D eigenvalue weighted by Gasteiger charge is -2.16. The van der Waals surface area contributed by atoms with E-state index in [1.54, 1.807) is 0 Å². The fourth-order valence-electron chi connectivity index (χ4n) is 1.64. The van der Waals surface area contributed by atoms with Gasteiger partial charge in [-0.05, 0) is 12.8 Å². The molecule has 6 nitrogen and oxygen atoms in total. The Morgan fingerprint density at radius 2 is 2.00 bits per heavy atom. The quantitative estimate of drug-likeness (QED) is 0.669. The van der Waals surface area contributed by atoms with Gasteiger partial charge in [-0.1, -0.05) is 6.92 Å². The van der Waals surface area contributed by atoms with Crippen LogP contribution in [0.4, 0.5) is 0 Å². The third-order valence-electron chi connectivity index (χ3n) is 2.75. The van der Waals surface area contributed by atoms with Gasteiger partial charge in [0.05, 0.1) is 18.4 Å². The highest BCUT2D eigenvalue weighted by molar-refractivity contribution is 5.91. The van der Waals surface area contributed by atoms with E-state index in [1.165, 1.54) is 11.9 Å². The number of carboxylic acid groups (broad SMARTS) is 1. The minimum atomic E-state index is -0.938. The zero-order valence-corrected chi connectivity index (χ0v) is 10.1. The summed E-state index contributed by atoms with van der Waals surface area (Å²) in [6, 6.07) is 0. The molecule has 1 aliphatic carbocycles. The number of nitrogens with one attached hydrogen (secondary N) is 1. The highest BCUT2D eigenvalue weighted by Crippen LogP contribution is 2.39. The van der Waals surface area contributed by atoms with Gasteiger partial charge in [0.15, 0.2) is 0 Å². The highest BCUT2D eigenvalue weighted by atomic mass is 16.4. The minimum absolute atomic E-state index is 0.0122. The SMILES string of the molecule is CCCNC(=O)CN(C)C(=O)[C@@H]1C[C@@H]1C(=O)O. The summed E-state index contributed by atoms with van der Waals surface area (Å²) in [4.78, 5) is 35.0. The van der Waals surface area contributed by atoms with Crippen molar-refractivity contribution in [3.05, 3.63) is 0 Å². The number of rotatable bonds is 6. The number of carboxylic acids is 1. The molecule has 2 N–H and O–H groups in total. The van der Waals surface area contributed by atoms with Gasteiger partial charge in [0.25, 0.3) is 0 Å². The summed E-state index contributed by atoms with van der Waals surface area (Å²) in [6.07, 6.45) is 1.22. The largest absolute Gasteiger partial charge is 0.481 e. The molecule has 17 heavy (non-hydrogen) atoms. The Morgan fingerprint density at radius 1 is 1.35 bits per heavy atom. The maximum Gasteiger partial charge on any atom is 0.307 e. The Labute approximate surface area is 100.0 Å². The second kappa shape index (κ2) is 5.65. The molecule has 0 unspecified atom stereocenters. The molecule has 0 aromatic carbocycles. The summed E-state index contributed by atoms with van der Waals surface area (Å²) in [6.45, 7) is 2.51. The molecule has 0 aromatic heterocycles. The lowest BCUT2D eigenvalue weighted by molar-refractivity contribution is -0.142. The van der Waals surface area contributed by atoms with Gasteiger partial charge in [0.2, 0.25) is 11.8 Å². The van der Waals surface area contributed by atoms with Crippen molar-refractivity contribution in [2.24, 2.45) is 11.8 Å². The first-order valence-corrected chi connectivity index (χ1v) is 5.71. The van der Waals surface area contributed by atoms with Gasteiger partial charge < -0.3 is 15.3 Å². The molecule has 0 aromatic rings. The molecule has 1 fully saturated rings. The van der Waals surface area contributed by atoms with Crippen LogP contribution in [0.15, 0.2) is 0 Å². The Kier molecular flexibility index (Phi) is 4.48. The molecule has 0 heterocycles. The molecule has 0 spiro atoms. The van der Waals surface area contributed by atoms with E-state index in [9.17, 15) is 14.4 Å². The van der Waals surface area contributed by atoms with Crippen LogP contribution in [0, 0.1) is 11.8 Å². The Hall–Kier alpha value is -1.59. The smallest absolute Gasteiger partial charge is 0.307 e. The topological polar surface area (TPSA) is 86.7 Å². The Balaban J connectivity index is 2.33. The van der Waals surface area contributed by atoms with Crippen LogP contribution in [-0.4, -0.2) is 47.9 Å². The minimum Gasteiger partial charge on any atom is -0.481 e. The van der Waals surface area contributed by atoms with Crippen LogP contribution in [0.3, 0.4) is 0 Å². The maximum absolute atomic E-state index is 11.7. The van der Waals surface area contributed by atoms with Crippen molar-refractivity contribution in [2.45, 2.75) is 19.8 Å². The summed E-state index contributed by atoms with van der Waals surface area (Å²) in [5.74, 6) is -2.42. The number of carbonyl (C=O) groups excluding carboxylic acids is 2. The molecule has 0 saturated heterocycles. The molecule has 96 valence electrons. The van der Waals surface area contributed by atoms with E-state index < -0.39 is 17.8 Å². The molecule has 0 aliphatic heterocycles. The monoisotopic (exact) mass is 242 g/mol. The summed E-state index contributed by atoms with van der Waals surface area (Å²) in [5, 5.41) is 11.4. The third-order valence-corrected chi connectivity index (χ3v) is 2.75. The van der Waals surface area contributed by atoms with Gasteiger partial charge >= 0.3 is 5.97 Å². The van der Waals surface area contributed by atoms with Crippen molar-refractivity contribution >= 4 is 17.8 Å². The van der Waals surface area contributed by atoms with E-state index in [0.29, 0.717) is 13.0 Å². The molecule has 0 radical (unpaired) electrons. The summed E-state index contributed by atoms with van der Waals surface area (Å²) in [7, 11) is 1.52. The predicted molar refractivity (Wildman–Crippen MR) is 60.2 cm³/mol. The van der Waals surface area contributed by atoms with Gasteiger partial charge in [0.1, 0.15) is 0 Å². The average Bonchev–Trinajstić information content (AvgIpc) is 3.05. The molecular weight excluding hydrogens is 224 g/mol. The molecule has 0 bridgehead atoms. The molecule has 1 saturated carbocycles. The highest BCUT2D eigenvalue weighted by Gasteiger charge is 2.49. The molecular formula is C11H18N2O4. The predicted octanol–water partition coefficient (Wildman–Crippen LogP) is -0.308. The fraction of sp³-hybridized carbons (Fsp3) is 0.727. The normalized spacial score (nSPS) is 21.8. The number of amides is 2. The first-order chi connectivity index (χ1) is 7.97. The molecule has 1 rings (SSSR count). The van der Waals surface area contributed by atoms with Crippen molar-refractivity contribution in [1.29, 1.82) is 0 Å². The molecule has 6 heteroatoms. The Bertz CT molecular complexity index is 329. The third kappa shape index (κ3) is 3.72. The van der Waals surface area contributed by atoms with Crippen molar-refractivity contribution < 1.29 is 19.5 Å². The summed E-state index contributed by atoms with van der Waals surface area (Å²) < 4.78 is 0. The van der Waals surface area contributed by atoms with Gasteiger partial charge in [-0.3, -0.25) is 14.4 Å². The summed E-state index contributed by atoms with van der Waals surface area (Å²) in [5.41, 5.74) is 0. The van der Waals surface area contributed by atoms with Crippen LogP contribution < -0.4 is 5.32 Å². The molecule has 1 aliphatic rings. The first kappa shape index (κ1) is 13.5. The van der Waals surface area contributed by atoms with Crippen LogP contribution >= 0.6 is 0 Å². The number of carbonyl (C=O) groups is 3. The lowest BCUT2D eigenvalue weighted by atomic mass is 10.3. The van der Waals surface area contributed by atoms with Gasteiger partial charge in [-0.25, -0.2) is 0 Å². The number of hydrogen-bond acceptors (Lipinski definition) is 3. The number of hydrogen-bond donors (Lipinski definition) is 2. The lowest BCUT2D eigenvalue weighted by Crippen LogP contribution is -2.39. The number of likely N-dealkylation sites (N-methyl/N-ethyl adjacent to an activating group) is 1. The number of nitrogens with zero attached hydrogens (tertiary/aromatic N) is 1. The van der Waals surface area contributed by atoms with Crippen molar-refractivity contribution in [2.75, 3.05) is 20.1 Å². The van der Waals surface area contributed by atoms with Crippen molar-refractivity contribution in [1.82, 2.24) is 10.2 Å². The Morgan fingerprint density at radius 3 is 2.47 bits per heavy atom. The maximum atomic E-state index is 11.7. The van der Waals surface area contributed by atoms with Crippen LogP contribution in [-0.2, 0) is 14.4 Å². The first-order valence-electron chi connectivity index (χ1n) is 5.71. The zero-order chi connectivity index (χ0) is 13.0. The van der Waals surface area contributed by atoms with Gasteiger partial charge in [-0.2, -0.15) is 0 Å². The van der Waals surface area contributed by atoms with E-state index >= 15 is 0 Å². The fourth-order valence-corrected chi connectivity index (χ4v) is 1.64. The van der Waals surface area contributed by atoms with Gasteiger partial charge in [-0.15, -0.1) is 0 Å². The van der Waals surface area contributed by atoms with E-state index in [1.807, 2.05) is 6.92 Å².